The Hall–Kier alpha value is -2.12. The standard InChI is InChI=1S/C17H16N4OS2/c1-21-16(13-9-23-10-14(13)20-21)19-15(22)7-12-8-24-17(18-12)11-5-3-2-4-6-11/h2-6,8H,7,9-10H2,1H3,(H,19,22). The van der Waals surface area contributed by atoms with Crippen LogP contribution in [-0.2, 0) is 29.8 Å². The molecular weight excluding hydrogens is 340 g/mol. The lowest BCUT2D eigenvalue weighted by Gasteiger charge is -2.06. The molecule has 2 aromatic heterocycles. The van der Waals surface area contributed by atoms with Gasteiger partial charge < -0.3 is 5.32 Å². The van der Waals surface area contributed by atoms with Crippen molar-refractivity contribution in [1.82, 2.24) is 14.8 Å². The molecule has 0 saturated carbocycles. The van der Waals surface area contributed by atoms with Crippen molar-refractivity contribution in [2.75, 3.05) is 5.32 Å². The van der Waals surface area contributed by atoms with Crippen LogP contribution >= 0.6 is 23.1 Å². The summed E-state index contributed by atoms with van der Waals surface area (Å²) >= 11 is 3.39. The molecule has 1 aliphatic rings. The number of thiazole rings is 1. The van der Waals surface area contributed by atoms with Crippen LogP contribution in [0.15, 0.2) is 35.7 Å². The Bertz CT molecular complexity index is 885. The zero-order valence-electron chi connectivity index (χ0n) is 13.2. The highest BCUT2D eigenvalue weighted by Crippen LogP contribution is 2.34. The van der Waals surface area contributed by atoms with E-state index in [4.69, 9.17) is 0 Å². The summed E-state index contributed by atoms with van der Waals surface area (Å²) in [6.45, 7) is 0. The van der Waals surface area contributed by atoms with Crippen LogP contribution in [0.3, 0.4) is 0 Å². The first-order chi connectivity index (χ1) is 11.7. The number of thioether (sulfide) groups is 1. The predicted molar refractivity (Wildman–Crippen MR) is 98.1 cm³/mol. The molecular formula is C17H16N4OS2. The smallest absolute Gasteiger partial charge is 0.231 e. The molecule has 3 aromatic rings. The number of fused-ring (bicyclic) bond motifs is 1. The quantitative estimate of drug-likeness (QED) is 0.778. The molecule has 0 aliphatic carbocycles. The summed E-state index contributed by atoms with van der Waals surface area (Å²) in [7, 11) is 1.87. The molecule has 1 aliphatic heterocycles. The van der Waals surface area contributed by atoms with Crippen LogP contribution < -0.4 is 5.32 Å². The minimum atomic E-state index is -0.0531. The number of nitrogens with zero attached hydrogens (tertiary/aromatic N) is 3. The number of anilines is 1. The fourth-order valence-corrected chi connectivity index (χ4v) is 4.60. The van der Waals surface area contributed by atoms with E-state index < -0.39 is 0 Å². The van der Waals surface area contributed by atoms with E-state index in [2.05, 4.69) is 15.4 Å². The first-order valence-corrected chi connectivity index (χ1v) is 9.66. The molecule has 0 unspecified atom stereocenters. The van der Waals surface area contributed by atoms with Crippen LogP contribution in [0, 0.1) is 0 Å². The molecule has 5 nitrogen and oxygen atoms in total. The maximum atomic E-state index is 12.4. The van der Waals surface area contributed by atoms with Gasteiger partial charge in [-0.3, -0.25) is 9.48 Å². The SMILES string of the molecule is Cn1nc2c(c1NC(=O)Cc1csc(-c3ccccc3)n1)CSC2. The highest BCUT2D eigenvalue weighted by atomic mass is 32.2. The van der Waals surface area contributed by atoms with Gasteiger partial charge in [0.1, 0.15) is 10.8 Å². The molecule has 0 atom stereocenters. The van der Waals surface area contributed by atoms with Crippen molar-refractivity contribution >= 4 is 34.8 Å². The predicted octanol–water partition coefficient (Wildman–Crippen LogP) is 3.47. The van der Waals surface area contributed by atoms with Crippen LogP contribution in [0.1, 0.15) is 17.0 Å². The fraction of sp³-hybridized carbons (Fsp3) is 0.235. The van der Waals surface area contributed by atoms with Crippen molar-refractivity contribution in [2.24, 2.45) is 7.05 Å². The maximum absolute atomic E-state index is 12.4. The van der Waals surface area contributed by atoms with E-state index in [9.17, 15) is 4.79 Å². The van der Waals surface area contributed by atoms with Crippen molar-refractivity contribution < 1.29 is 4.79 Å². The second-order valence-corrected chi connectivity index (χ2v) is 7.47. The maximum Gasteiger partial charge on any atom is 0.231 e. The second kappa shape index (κ2) is 6.41. The summed E-state index contributed by atoms with van der Waals surface area (Å²) in [5.74, 6) is 2.60. The third-order valence-corrected chi connectivity index (χ3v) is 5.80. The van der Waals surface area contributed by atoms with Gasteiger partial charge in [-0.15, -0.1) is 11.3 Å². The highest BCUT2D eigenvalue weighted by molar-refractivity contribution is 7.98. The van der Waals surface area contributed by atoms with E-state index in [1.165, 1.54) is 0 Å². The summed E-state index contributed by atoms with van der Waals surface area (Å²) in [6.07, 6.45) is 0.274. The summed E-state index contributed by atoms with van der Waals surface area (Å²) in [6, 6.07) is 10.0. The number of carbonyl (C=O) groups is 1. The van der Waals surface area contributed by atoms with Crippen LogP contribution in [-0.4, -0.2) is 20.7 Å². The number of nitrogens with one attached hydrogen (secondary N) is 1. The number of benzene rings is 1. The van der Waals surface area contributed by atoms with Crippen LogP contribution in [0.25, 0.3) is 10.6 Å². The summed E-state index contributed by atoms with van der Waals surface area (Å²) in [4.78, 5) is 17.0. The fourth-order valence-electron chi connectivity index (χ4n) is 2.74. The van der Waals surface area contributed by atoms with Gasteiger partial charge in [0.05, 0.1) is 17.8 Å². The Morgan fingerprint density at radius 1 is 1.29 bits per heavy atom. The third-order valence-electron chi connectivity index (χ3n) is 3.89. The van der Waals surface area contributed by atoms with Crippen molar-refractivity contribution in [3.63, 3.8) is 0 Å². The average molecular weight is 356 g/mol. The van der Waals surface area contributed by atoms with E-state index in [0.717, 1.165) is 44.8 Å². The third kappa shape index (κ3) is 2.97. The Morgan fingerprint density at radius 3 is 2.96 bits per heavy atom. The summed E-state index contributed by atoms with van der Waals surface area (Å²) in [5.41, 5.74) is 4.11. The summed E-state index contributed by atoms with van der Waals surface area (Å²) in [5, 5.41) is 10.4. The topological polar surface area (TPSA) is 59.8 Å². The lowest BCUT2D eigenvalue weighted by molar-refractivity contribution is -0.115. The molecule has 0 saturated heterocycles. The second-order valence-electron chi connectivity index (χ2n) is 5.63. The number of rotatable bonds is 4. The molecule has 0 fully saturated rings. The Labute approximate surface area is 148 Å². The van der Waals surface area contributed by atoms with Gasteiger partial charge in [0.25, 0.3) is 0 Å². The minimum absolute atomic E-state index is 0.0531. The van der Waals surface area contributed by atoms with E-state index in [1.807, 2.05) is 54.5 Å². The highest BCUT2D eigenvalue weighted by Gasteiger charge is 2.22. The van der Waals surface area contributed by atoms with Gasteiger partial charge in [-0.2, -0.15) is 16.9 Å². The van der Waals surface area contributed by atoms with E-state index in [-0.39, 0.29) is 12.3 Å². The molecule has 4 rings (SSSR count). The lowest BCUT2D eigenvalue weighted by Crippen LogP contribution is -2.17. The zero-order chi connectivity index (χ0) is 16.5. The van der Waals surface area contributed by atoms with Crippen molar-refractivity contribution in [1.29, 1.82) is 0 Å². The molecule has 1 aromatic carbocycles. The first-order valence-electron chi connectivity index (χ1n) is 7.63. The van der Waals surface area contributed by atoms with Crippen molar-refractivity contribution in [3.8, 4) is 10.6 Å². The molecule has 0 radical (unpaired) electrons. The van der Waals surface area contributed by atoms with Gasteiger partial charge >= 0.3 is 0 Å². The number of aryl methyl sites for hydroxylation is 1. The molecule has 1 amide bonds. The first kappa shape index (κ1) is 15.4. The number of hydrogen-bond donors (Lipinski definition) is 1. The zero-order valence-corrected chi connectivity index (χ0v) is 14.8. The van der Waals surface area contributed by atoms with Gasteiger partial charge in [0, 0.05) is 35.1 Å². The normalized spacial score (nSPS) is 13.0. The van der Waals surface area contributed by atoms with E-state index in [1.54, 1.807) is 16.0 Å². The van der Waals surface area contributed by atoms with Crippen molar-refractivity contribution in [2.45, 2.75) is 17.9 Å². The molecule has 1 N–H and O–H groups in total. The molecule has 0 bridgehead atoms. The van der Waals surface area contributed by atoms with Crippen LogP contribution in [0.5, 0.6) is 0 Å². The lowest BCUT2D eigenvalue weighted by atomic mass is 10.2. The van der Waals surface area contributed by atoms with Gasteiger partial charge in [-0.1, -0.05) is 30.3 Å². The Morgan fingerprint density at radius 2 is 2.12 bits per heavy atom. The van der Waals surface area contributed by atoms with Gasteiger partial charge in [0.15, 0.2) is 0 Å². The molecule has 24 heavy (non-hydrogen) atoms. The minimum Gasteiger partial charge on any atom is -0.310 e. The number of amides is 1. The van der Waals surface area contributed by atoms with E-state index >= 15 is 0 Å². The molecule has 7 heteroatoms. The van der Waals surface area contributed by atoms with Crippen molar-refractivity contribution in [3.05, 3.63) is 52.7 Å². The molecule has 3 heterocycles. The number of carbonyl (C=O) groups excluding carboxylic acids is 1. The molecule has 122 valence electrons. The van der Waals surface area contributed by atoms with Gasteiger partial charge in [-0.25, -0.2) is 4.98 Å². The Balaban J connectivity index is 1.47. The van der Waals surface area contributed by atoms with Gasteiger partial charge in [-0.05, 0) is 0 Å². The number of hydrogen-bond acceptors (Lipinski definition) is 5. The number of aromatic nitrogens is 3. The Kier molecular flexibility index (Phi) is 4.12. The monoisotopic (exact) mass is 356 g/mol. The van der Waals surface area contributed by atoms with E-state index in [0.29, 0.717) is 0 Å². The van der Waals surface area contributed by atoms with Crippen LogP contribution in [0.2, 0.25) is 0 Å². The molecule has 0 spiro atoms. The van der Waals surface area contributed by atoms with Gasteiger partial charge in [0.2, 0.25) is 5.91 Å². The summed E-state index contributed by atoms with van der Waals surface area (Å²) < 4.78 is 1.76. The largest absolute Gasteiger partial charge is 0.310 e. The average Bonchev–Trinajstić information content (AvgIpc) is 3.28. The van der Waals surface area contributed by atoms with Crippen LogP contribution in [0.4, 0.5) is 5.82 Å².